The van der Waals surface area contributed by atoms with E-state index < -0.39 is 10.0 Å². The summed E-state index contributed by atoms with van der Waals surface area (Å²) in [5.41, 5.74) is 2.95. The highest BCUT2D eigenvalue weighted by Gasteiger charge is 2.27. The van der Waals surface area contributed by atoms with Crippen LogP contribution in [0.2, 0.25) is 0 Å². The number of piperidine rings is 1. The van der Waals surface area contributed by atoms with Gasteiger partial charge in [-0.3, -0.25) is 4.79 Å². The number of nitrogens with one attached hydrogen (secondary N) is 1. The molecule has 2 aromatic rings. The van der Waals surface area contributed by atoms with Gasteiger partial charge in [-0.05, 0) is 56.0 Å². The van der Waals surface area contributed by atoms with E-state index in [0.29, 0.717) is 31.2 Å². The number of sulfonamides is 1. The van der Waals surface area contributed by atoms with Crippen molar-refractivity contribution in [2.24, 2.45) is 0 Å². The summed E-state index contributed by atoms with van der Waals surface area (Å²) >= 11 is 0. The smallest absolute Gasteiger partial charge is 0.251 e. The van der Waals surface area contributed by atoms with E-state index in [1.165, 1.54) is 21.6 Å². The standard InChI is InChI=1S/C23H29N3O3S/c1-18-16-19-8-3-4-11-22(19)26(18)15-12-24-23(27)20-9-7-10-21(17-20)30(28,29)25-13-5-2-6-14-25/h3-4,7-11,17-18H,2,5-6,12-16H2,1H3,(H,24,27). The van der Waals surface area contributed by atoms with Crippen LogP contribution in [0.15, 0.2) is 53.4 Å². The number of anilines is 1. The Hall–Kier alpha value is -2.38. The lowest BCUT2D eigenvalue weighted by atomic mass is 10.1. The molecule has 2 aliphatic heterocycles. The van der Waals surface area contributed by atoms with Crippen LogP contribution in [0.4, 0.5) is 5.69 Å². The first-order valence-corrected chi connectivity index (χ1v) is 12.1. The largest absolute Gasteiger partial charge is 0.367 e. The molecule has 2 aliphatic rings. The number of fused-ring (bicyclic) bond motifs is 1. The summed E-state index contributed by atoms with van der Waals surface area (Å²) in [6.07, 6.45) is 3.85. The van der Waals surface area contributed by atoms with Crippen molar-refractivity contribution in [1.29, 1.82) is 0 Å². The van der Waals surface area contributed by atoms with Crippen LogP contribution < -0.4 is 10.2 Å². The average Bonchev–Trinajstić information content (AvgIpc) is 3.09. The monoisotopic (exact) mass is 427 g/mol. The Morgan fingerprint density at radius 3 is 2.63 bits per heavy atom. The fourth-order valence-corrected chi connectivity index (χ4v) is 5.98. The molecule has 30 heavy (non-hydrogen) atoms. The number of carbonyl (C=O) groups excluding carboxylic acids is 1. The Kier molecular flexibility index (Phi) is 6.11. The second-order valence-corrected chi connectivity index (χ2v) is 10.1. The maximum Gasteiger partial charge on any atom is 0.251 e. The maximum absolute atomic E-state index is 12.9. The van der Waals surface area contributed by atoms with Crippen molar-refractivity contribution in [3.8, 4) is 0 Å². The molecular weight excluding hydrogens is 398 g/mol. The summed E-state index contributed by atoms with van der Waals surface area (Å²) in [7, 11) is -3.55. The molecule has 4 rings (SSSR count). The van der Waals surface area contributed by atoms with Gasteiger partial charge >= 0.3 is 0 Å². The highest BCUT2D eigenvalue weighted by atomic mass is 32.2. The summed E-state index contributed by atoms with van der Waals surface area (Å²) in [6.45, 7) is 4.51. The summed E-state index contributed by atoms with van der Waals surface area (Å²) in [6, 6.07) is 15.1. The lowest BCUT2D eigenvalue weighted by molar-refractivity contribution is 0.0954. The van der Waals surface area contributed by atoms with Gasteiger partial charge in [0.05, 0.1) is 4.90 Å². The van der Waals surface area contributed by atoms with E-state index in [4.69, 9.17) is 0 Å². The highest BCUT2D eigenvalue weighted by molar-refractivity contribution is 7.89. The number of hydrogen-bond acceptors (Lipinski definition) is 4. The van der Waals surface area contributed by atoms with Crippen LogP contribution in [0.3, 0.4) is 0 Å². The van der Waals surface area contributed by atoms with E-state index >= 15 is 0 Å². The molecule has 0 aliphatic carbocycles. The van der Waals surface area contributed by atoms with Gasteiger partial charge in [0, 0.05) is 43.5 Å². The van der Waals surface area contributed by atoms with Crippen LogP contribution in [0, 0.1) is 0 Å². The molecule has 1 N–H and O–H groups in total. The normalized spacial score (nSPS) is 19.5. The highest BCUT2D eigenvalue weighted by Crippen LogP contribution is 2.31. The van der Waals surface area contributed by atoms with Crippen LogP contribution >= 0.6 is 0 Å². The Bertz CT molecular complexity index is 1020. The van der Waals surface area contributed by atoms with Gasteiger partial charge in [0.15, 0.2) is 0 Å². The third-order valence-electron chi connectivity index (χ3n) is 6.04. The van der Waals surface area contributed by atoms with E-state index in [2.05, 4.69) is 35.3 Å². The molecule has 0 aromatic heterocycles. The zero-order valence-electron chi connectivity index (χ0n) is 17.4. The Labute approximate surface area is 178 Å². The van der Waals surface area contributed by atoms with Crippen LogP contribution in [-0.4, -0.2) is 50.9 Å². The van der Waals surface area contributed by atoms with Gasteiger partial charge in [0.25, 0.3) is 5.91 Å². The third-order valence-corrected chi connectivity index (χ3v) is 7.93. The summed E-state index contributed by atoms with van der Waals surface area (Å²) < 4.78 is 27.3. The van der Waals surface area contributed by atoms with Gasteiger partial charge in [-0.25, -0.2) is 8.42 Å². The van der Waals surface area contributed by atoms with Crippen molar-refractivity contribution in [3.63, 3.8) is 0 Å². The molecule has 7 heteroatoms. The topological polar surface area (TPSA) is 69.7 Å². The first kappa shape index (κ1) is 20.9. The van der Waals surface area contributed by atoms with Gasteiger partial charge in [-0.15, -0.1) is 0 Å². The molecule has 1 amide bonds. The number of para-hydroxylation sites is 1. The molecule has 1 fully saturated rings. The molecule has 6 nitrogen and oxygen atoms in total. The predicted molar refractivity (Wildman–Crippen MR) is 118 cm³/mol. The van der Waals surface area contributed by atoms with Crippen LogP contribution in [0.25, 0.3) is 0 Å². The summed E-state index contributed by atoms with van der Waals surface area (Å²) in [5, 5.41) is 2.95. The SMILES string of the molecule is CC1Cc2ccccc2N1CCNC(=O)c1cccc(S(=O)(=O)N2CCCCC2)c1. The summed E-state index contributed by atoms with van der Waals surface area (Å²) in [4.78, 5) is 15.2. The van der Waals surface area contributed by atoms with Crippen molar-refractivity contribution in [2.75, 3.05) is 31.1 Å². The second-order valence-electron chi connectivity index (χ2n) is 8.12. The number of amides is 1. The number of benzene rings is 2. The van der Waals surface area contributed by atoms with Crippen LogP contribution in [0.5, 0.6) is 0 Å². The lowest BCUT2D eigenvalue weighted by Crippen LogP contribution is -2.38. The van der Waals surface area contributed by atoms with Crippen LogP contribution in [-0.2, 0) is 16.4 Å². The van der Waals surface area contributed by atoms with Crippen molar-refractivity contribution < 1.29 is 13.2 Å². The van der Waals surface area contributed by atoms with E-state index in [-0.39, 0.29) is 10.8 Å². The number of hydrogen-bond donors (Lipinski definition) is 1. The predicted octanol–water partition coefficient (Wildman–Crippen LogP) is 3.04. The van der Waals surface area contributed by atoms with Gasteiger partial charge in [0.2, 0.25) is 10.0 Å². The van der Waals surface area contributed by atoms with Gasteiger partial charge in [-0.1, -0.05) is 30.7 Å². The van der Waals surface area contributed by atoms with E-state index in [1.54, 1.807) is 18.2 Å². The van der Waals surface area contributed by atoms with Crippen molar-refractivity contribution in [2.45, 2.75) is 43.5 Å². The number of carbonyl (C=O) groups is 1. The second kappa shape index (κ2) is 8.78. The van der Waals surface area contributed by atoms with Crippen molar-refractivity contribution >= 4 is 21.6 Å². The van der Waals surface area contributed by atoms with E-state index in [0.717, 1.165) is 32.2 Å². The van der Waals surface area contributed by atoms with E-state index in [1.807, 2.05) is 6.07 Å². The minimum Gasteiger partial charge on any atom is -0.367 e. The molecule has 2 heterocycles. The zero-order valence-corrected chi connectivity index (χ0v) is 18.2. The molecule has 0 bridgehead atoms. The lowest BCUT2D eigenvalue weighted by Gasteiger charge is -2.26. The molecular formula is C23H29N3O3S. The minimum atomic E-state index is -3.55. The molecule has 2 aromatic carbocycles. The molecule has 0 saturated carbocycles. The van der Waals surface area contributed by atoms with Gasteiger partial charge in [-0.2, -0.15) is 4.31 Å². The average molecular weight is 428 g/mol. The fourth-order valence-electron chi connectivity index (χ4n) is 4.41. The van der Waals surface area contributed by atoms with Gasteiger partial charge in [0.1, 0.15) is 0 Å². The van der Waals surface area contributed by atoms with Crippen molar-refractivity contribution in [3.05, 3.63) is 59.7 Å². The first-order chi connectivity index (χ1) is 14.5. The first-order valence-electron chi connectivity index (χ1n) is 10.7. The Morgan fingerprint density at radius 1 is 1.07 bits per heavy atom. The fraction of sp³-hybridized carbons (Fsp3) is 0.435. The molecule has 1 atom stereocenters. The van der Waals surface area contributed by atoms with E-state index in [9.17, 15) is 13.2 Å². The molecule has 0 radical (unpaired) electrons. The number of nitrogens with zero attached hydrogens (tertiary/aromatic N) is 2. The zero-order chi connectivity index (χ0) is 21.1. The molecule has 1 saturated heterocycles. The van der Waals surface area contributed by atoms with Crippen molar-refractivity contribution in [1.82, 2.24) is 9.62 Å². The van der Waals surface area contributed by atoms with Gasteiger partial charge < -0.3 is 10.2 Å². The molecule has 0 spiro atoms. The number of rotatable bonds is 6. The van der Waals surface area contributed by atoms with Crippen LogP contribution in [0.1, 0.15) is 42.1 Å². The molecule has 1 unspecified atom stereocenters. The summed E-state index contributed by atoms with van der Waals surface area (Å²) in [5.74, 6) is -0.245. The third kappa shape index (κ3) is 4.23. The quantitative estimate of drug-likeness (QED) is 0.769. The molecule has 160 valence electrons. The maximum atomic E-state index is 12.9. The minimum absolute atomic E-state index is 0.194. The Balaban J connectivity index is 1.39. The Morgan fingerprint density at radius 2 is 1.83 bits per heavy atom.